The number of methoxy groups -OCH3 is 1. The fourth-order valence-electron chi connectivity index (χ4n) is 2.34. The number of esters is 1. The molecule has 140 valence electrons. The first-order valence-corrected chi connectivity index (χ1v) is 8.30. The van der Waals surface area contributed by atoms with Crippen molar-refractivity contribution in [2.45, 2.75) is 20.4 Å². The van der Waals surface area contributed by atoms with Gasteiger partial charge in [0.05, 0.1) is 26.0 Å². The molecule has 0 unspecified atom stereocenters. The van der Waals surface area contributed by atoms with Gasteiger partial charge in [-0.2, -0.15) is 0 Å². The molecule has 0 aliphatic heterocycles. The van der Waals surface area contributed by atoms with E-state index in [1.165, 1.54) is 6.07 Å². The van der Waals surface area contributed by atoms with Crippen molar-refractivity contribution in [3.05, 3.63) is 52.4 Å². The lowest BCUT2D eigenvalue weighted by molar-refractivity contribution is -0.145. The summed E-state index contributed by atoms with van der Waals surface area (Å²) >= 11 is 0. The van der Waals surface area contributed by atoms with Gasteiger partial charge in [-0.1, -0.05) is 0 Å². The van der Waals surface area contributed by atoms with Crippen LogP contribution in [-0.4, -0.2) is 37.5 Å². The maximum Gasteiger partial charge on any atom is 0.344 e. The number of hydrogen-bond donors (Lipinski definition) is 0. The van der Waals surface area contributed by atoms with Crippen LogP contribution in [0.4, 0.5) is 0 Å². The van der Waals surface area contributed by atoms with Crippen LogP contribution < -0.4 is 19.6 Å². The van der Waals surface area contributed by atoms with E-state index in [1.807, 2.05) is 28.8 Å². The van der Waals surface area contributed by atoms with E-state index >= 15 is 0 Å². The second-order valence-electron chi connectivity index (χ2n) is 5.41. The fraction of sp³-hybridized carbons (Fsp3) is 0.368. The van der Waals surface area contributed by atoms with E-state index in [-0.39, 0.29) is 24.4 Å². The van der Waals surface area contributed by atoms with Crippen LogP contribution in [0, 0.1) is 6.92 Å². The molecule has 0 spiro atoms. The van der Waals surface area contributed by atoms with E-state index < -0.39 is 5.97 Å². The Bertz CT molecular complexity index is 782. The highest BCUT2D eigenvalue weighted by Gasteiger charge is 2.11. The average molecular weight is 361 g/mol. The van der Waals surface area contributed by atoms with Gasteiger partial charge in [0.1, 0.15) is 18.1 Å². The largest absolute Gasteiger partial charge is 0.497 e. The SMILES string of the molecule is CCOC(=O)COc1c(C)n(CCOc2ccc(OC)cc2)ccc1=O. The molecule has 0 fully saturated rings. The number of rotatable bonds is 9. The molecule has 2 rings (SSSR count). The molecule has 0 aliphatic rings. The van der Waals surface area contributed by atoms with Crippen molar-refractivity contribution in [1.82, 2.24) is 4.57 Å². The van der Waals surface area contributed by atoms with Crippen LogP contribution in [0.15, 0.2) is 41.3 Å². The molecule has 0 N–H and O–H groups in total. The predicted octanol–water partition coefficient (Wildman–Crippen LogP) is 2.19. The highest BCUT2D eigenvalue weighted by molar-refractivity contribution is 5.71. The second-order valence-corrected chi connectivity index (χ2v) is 5.41. The number of benzene rings is 1. The van der Waals surface area contributed by atoms with Gasteiger partial charge in [-0.05, 0) is 38.1 Å². The number of hydrogen-bond acceptors (Lipinski definition) is 6. The summed E-state index contributed by atoms with van der Waals surface area (Å²) in [7, 11) is 1.61. The Morgan fingerprint density at radius 1 is 1.08 bits per heavy atom. The molecule has 1 heterocycles. The maximum absolute atomic E-state index is 12.0. The van der Waals surface area contributed by atoms with E-state index in [4.69, 9.17) is 18.9 Å². The van der Waals surface area contributed by atoms with Crippen LogP contribution in [0.1, 0.15) is 12.6 Å². The summed E-state index contributed by atoms with van der Waals surface area (Å²) in [5.41, 5.74) is 0.347. The van der Waals surface area contributed by atoms with Gasteiger partial charge in [0, 0.05) is 12.3 Å². The van der Waals surface area contributed by atoms with E-state index in [9.17, 15) is 9.59 Å². The molecular formula is C19H23NO6. The molecule has 0 saturated heterocycles. The average Bonchev–Trinajstić information content (AvgIpc) is 2.64. The van der Waals surface area contributed by atoms with Gasteiger partial charge in [0.15, 0.2) is 12.4 Å². The lowest BCUT2D eigenvalue weighted by atomic mass is 10.3. The standard InChI is InChI=1S/C19H23NO6/c1-4-24-18(22)13-26-19-14(2)20(10-9-17(19)21)11-12-25-16-7-5-15(23-3)6-8-16/h5-10H,4,11-13H2,1-3H3. The number of ether oxygens (including phenoxy) is 4. The van der Waals surface area contributed by atoms with Gasteiger partial charge in [0.2, 0.25) is 5.43 Å². The Kier molecular flexibility index (Phi) is 7.08. The Morgan fingerprint density at radius 2 is 1.77 bits per heavy atom. The van der Waals surface area contributed by atoms with Gasteiger partial charge < -0.3 is 23.5 Å². The van der Waals surface area contributed by atoms with Crippen molar-refractivity contribution in [2.24, 2.45) is 0 Å². The lowest BCUT2D eigenvalue weighted by Gasteiger charge is -2.15. The zero-order valence-corrected chi connectivity index (χ0v) is 15.2. The molecule has 7 heteroatoms. The summed E-state index contributed by atoms with van der Waals surface area (Å²) in [6.07, 6.45) is 1.67. The van der Waals surface area contributed by atoms with Crippen LogP contribution in [0.25, 0.3) is 0 Å². The summed E-state index contributed by atoms with van der Waals surface area (Å²) in [4.78, 5) is 23.4. The molecule has 1 aromatic heterocycles. The van der Waals surface area contributed by atoms with E-state index in [0.717, 1.165) is 11.5 Å². The summed E-state index contributed by atoms with van der Waals surface area (Å²) in [5.74, 6) is 1.12. The number of pyridine rings is 1. The van der Waals surface area contributed by atoms with Gasteiger partial charge in [0.25, 0.3) is 0 Å². The first-order chi connectivity index (χ1) is 12.5. The molecular weight excluding hydrogens is 338 g/mol. The van der Waals surface area contributed by atoms with Crippen LogP contribution in [0.2, 0.25) is 0 Å². The van der Waals surface area contributed by atoms with Crippen molar-refractivity contribution < 1.29 is 23.7 Å². The van der Waals surface area contributed by atoms with E-state index in [2.05, 4.69) is 0 Å². The smallest absolute Gasteiger partial charge is 0.344 e. The number of nitrogens with zero attached hydrogens (tertiary/aromatic N) is 1. The first kappa shape index (κ1) is 19.4. The maximum atomic E-state index is 12.0. The molecule has 26 heavy (non-hydrogen) atoms. The van der Waals surface area contributed by atoms with Crippen LogP contribution >= 0.6 is 0 Å². The fourth-order valence-corrected chi connectivity index (χ4v) is 2.34. The van der Waals surface area contributed by atoms with Crippen molar-refractivity contribution in [3.8, 4) is 17.2 Å². The normalized spacial score (nSPS) is 10.3. The summed E-state index contributed by atoms with van der Waals surface area (Å²) < 4.78 is 22.8. The van der Waals surface area contributed by atoms with Crippen molar-refractivity contribution in [1.29, 1.82) is 0 Å². The third-order valence-electron chi connectivity index (χ3n) is 3.69. The second kappa shape index (κ2) is 9.50. The predicted molar refractivity (Wildman–Crippen MR) is 96.1 cm³/mol. The van der Waals surface area contributed by atoms with Crippen LogP contribution in [0.3, 0.4) is 0 Å². The van der Waals surface area contributed by atoms with Crippen molar-refractivity contribution in [2.75, 3.05) is 26.9 Å². The molecule has 0 amide bonds. The van der Waals surface area contributed by atoms with Gasteiger partial charge in [-0.15, -0.1) is 0 Å². The third kappa shape index (κ3) is 5.27. The van der Waals surface area contributed by atoms with E-state index in [0.29, 0.717) is 18.8 Å². The molecule has 0 bridgehead atoms. The lowest BCUT2D eigenvalue weighted by Crippen LogP contribution is -2.21. The number of carbonyl (C=O) groups excluding carboxylic acids is 1. The van der Waals surface area contributed by atoms with Crippen LogP contribution in [-0.2, 0) is 16.1 Å². The minimum atomic E-state index is -0.510. The van der Waals surface area contributed by atoms with Gasteiger partial charge in [-0.25, -0.2) is 4.79 Å². The quantitative estimate of drug-likeness (QED) is 0.637. The third-order valence-corrected chi connectivity index (χ3v) is 3.69. The monoisotopic (exact) mass is 361 g/mol. The van der Waals surface area contributed by atoms with Gasteiger partial charge in [-0.3, -0.25) is 4.79 Å². The zero-order chi connectivity index (χ0) is 18.9. The summed E-state index contributed by atoms with van der Waals surface area (Å²) in [6.45, 7) is 4.37. The Labute approximate surface area is 152 Å². The number of aromatic nitrogens is 1. The molecule has 1 aromatic carbocycles. The van der Waals surface area contributed by atoms with Gasteiger partial charge >= 0.3 is 5.97 Å². The van der Waals surface area contributed by atoms with E-state index in [1.54, 1.807) is 27.2 Å². The summed E-state index contributed by atoms with van der Waals surface area (Å²) in [6, 6.07) is 8.69. The summed E-state index contributed by atoms with van der Waals surface area (Å²) in [5, 5.41) is 0. The highest BCUT2D eigenvalue weighted by atomic mass is 16.6. The molecule has 0 radical (unpaired) electrons. The van der Waals surface area contributed by atoms with Crippen molar-refractivity contribution in [3.63, 3.8) is 0 Å². The van der Waals surface area contributed by atoms with Crippen LogP contribution in [0.5, 0.6) is 17.2 Å². The zero-order valence-electron chi connectivity index (χ0n) is 15.2. The first-order valence-electron chi connectivity index (χ1n) is 8.30. The molecule has 0 saturated carbocycles. The Balaban J connectivity index is 1.97. The molecule has 7 nitrogen and oxygen atoms in total. The minimum absolute atomic E-state index is 0.144. The minimum Gasteiger partial charge on any atom is -0.497 e. The highest BCUT2D eigenvalue weighted by Crippen LogP contribution is 2.17. The molecule has 0 atom stereocenters. The molecule has 2 aromatic rings. The topological polar surface area (TPSA) is 76.0 Å². The Morgan fingerprint density at radius 3 is 2.42 bits per heavy atom. The Hall–Kier alpha value is -2.96. The molecule has 0 aliphatic carbocycles. The van der Waals surface area contributed by atoms with Crippen molar-refractivity contribution >= 4 is 5.97 Å². The number of carbonyl (C=O) groups is 1.